The summed E-state index contributed by atoms with van der Waals surface area (Å²) in [6.07, 6.45) is 3.41. The number of thioether (sulfide) groups is 1. The summed E-state index contributed by atoms with van der Waals surface area (Å²) in [6, 6.07) is 10.1. The number of hydrogen-bond donors (Lipinski definition) is 1. The van der Waals surface area contributed by atoms with Crippen LogP contribution in [-0.4, -0.2) is 33.9 Å². The van der Waals surface area contributed by atoms with E-state index in [0.717, 1.165) is 23.4 Å². The van der Waals surface area contributed by atoms with Gasteiger partial charge in [-0.1, -0.05) is 11.2 Å². The first kappa shape index (κ1) is 19.4. The third kappa shape index (κ3) is 4.09. The maximum Gasteiger partial charge on any atom is 0.322 e. The molecule has 4 rings (SSSR count). The molecule has 1 aromatic heterocycles. The molecule has 9 heteroatoms. The largest absolute Gasteiger partial charge is 0.337 e. The van der Waals surface area contributed by atoms with Crippen molar-refractivity contribution in [3.05, 3.63) is 60.0 Å². The molecule has 0 unspecified atom stereocenters. The fourth-order valence-corrected chi connectivity index (χ4v) is 3.77. The quantitative estimate of drug-likeness (QED) is 0.599. The summed E-state index contributed by atoms with van der Waals surface area (Å²) < 4.78 is 32.4. The van der Waals surface area contributed by atoms with Gasteiger partial charge in [0, 0.05) is 23.2 Å². The highest BCUT2D eigenvalue weighted by Gasteiger charge is 2.34. The summed E-state index contributed by atoms with van der Waals surface area (Å²) in [6.45, 7) is 0.543. The summed E-state index contributed by atoms with van der Waals surface area (Å²) in [5, 5.41) is 6.71. The van der Waals surface area contributed by atoms with Crippen molar-refractivity contribution in [1.29, 1.82) is 0 Å². The lowest BCUT2D eigenvalue weighted by Gasteiger charge is -2.22. The van der Waals surface area contributed by atoms with E-state index in [9.17, 15) is 13.6 Å². The smallest absolute Gasteiger partial charge is 0.322 e. The van der Waals surface area contributed by atoms with E-state index >= 15 is 0 Å². The predicted octanol–water partition coefficient (Wildman–Crippen LogP) is 5.11. The number of amides is 2. The van der Waals surface area contributed by atoms with Crippen LogP contribution in [0.2, 0.25) is 0 Å². The van der Waals surface area contributed by atoms with Gasteiger partial charge in [-0.25, -0.2) is 13.6 Å². The molecule has 1 fully saturated rings. The van der Waals surface area contributed by atoms with Crippen LogP contribution in [0.5, 0.6) is 0 Å². The molecule has 0 saturated carbocycles. The second kappa shape index (κ2) is 8.20. The van der Waals surface area contributed by atoms with Gasteiger partial charge in [-0.2, -0.15) is 4.98 Å². The van der Waals surface area contributed by atoms with E-state index in [-0.39, 0.29) is 23.3 Å². The maximum absolute atomic E-state index is 14.0. The summed E-state index contributed by atoms with van der Waals surface area (Å²) in [4.78, 5) is 19.7. The minimum Gasteiger partial charge on any atom is -0.337 e. The van der Waals surface area contributed by atoms with E-state index in [0.29, 0.717) is 18.7 Å². The highest BCUT2D eigenvalue weighted by molar-refractivity contribution is 7.98. The van der Waals surface area contributed by atoms with Crippen molar-refractivity contribution < 1.29 is 18.1 Å². The molecule has 0 radical (unpaired) electrons. The van der Waals surface area contributed by atoms with Crippen LogP contribution < -0.4 is 5.32 Å². The summed E-state index contributed by atoms with van der Waals surface area (Å²) in [5.74, 6) is -1.20. The molecule has 0 aliphatic carbocycles. The topological polar surface area (TPSA) is 71.3 Å². The van der Waals surface area contributed by atoms with Gasteiger partial charge in [0.25, 0.3) is 0 Å². The predicted molar refractivity (Wildman–Crippen MR) is 106 cm³/mol. The van der Waals surface area contributed by atoms with Gasteiger partial charge >= 0.3 is 6.03 Å². The van der Waals surface area contributed by atoms with Crippen LogP contribution in [0.15, 0.2) is 51.9 Å². The normalized spacial score (nSPS) is 16.2. The number of rotatable bonds is 4. The lowest BCUT2D eigenvalue weighted by molar-refractivity contribution is 0.193. The summed E-state index contributed by atoms with van der Waals surface area (Å²) >= 11 is 1.59. The van der Waals surface area contributed by atoms with Crippen molar-refractivity contribution in [2.75, 3.05) is 18.1 Å². The molecule has 1 N–H and O–H groups in total. The molecule has 2 amide bonds. The van der Waals surface area contributed by atoms with Gasteiger partial charge in [-0.05, 0) is 49.4 Å². The maximum atomic E-state index is 14.0. The number of anilines is 1. The van der Waals surface area contributed by atoms with Crippen molar-refractivity contribution in [3.8, 4) is 11.4 Å². The van der Waals surface area contributed by atoms with Crippen LogP contribution in [0.3, 0.4) is 0 Å². The fourth-order valence-electron chi connectivity index (χ4n) is 3.31. The fraction of sp³-hybridized carbons (Fsp3) is 0.250. The van der Waals surface area contributed by atoms with Gasteiger partial charge in [0.15, 0.2) is 0 Å². The van der Waals surface area contributed by atoms with Crippen LogP contribution in [0, 0.1) is 11.6 Å². The molecule has 6 nitrogen and oxygen atoms in total. The average Bonchev–Trinajstić information content (AvgIpc) is 3.37. The first-order chi connectivity index (χ1) is 14.0. The lowest BCUT2D eigenvalue weighted by atomic mass is 10.2. The van der Waals surface area contributed by atoms with Crippen LogP contribution in [0.25, 0.3) is 11.4 Å². The first-order valence-corrected chi connectivity index (χ1v) is 10.3. The number of carbonyl (C=O) groups is 1. The van der Waals surface area contributed by atoms with Crippen molar-refractivity contribution in [3.63, 3.8) is 0 Å². The minimum atomic E-state index is -0.771. The third-order valence-electron chi connectivity index (χ3n) is 4.73. The number of nitrogens with one attached hydrogen (secondary N) is 1. The molecule has 3 aromatic rings. The first-order valence-electron chi connectivity index (χ1n) is 9.06. The van der Waals surface area contributed by atoms with Crippen LogP contribution in [-0.2, 0) is 0 Å². The van der Waals surface area contributed by atoms with E-state index in [4.69, 9.17) is 4.52 Å². The summed E-state index contributed by atoms with van der Waals surface area (Å²) in [5.41, 5.74) is 0.747. The van der Waals surface area contributed by atoms with E-state index in [1.807, 2.05) is 30.5 Å². The molecular weight excluding hydrogens is 398 g/mol. The van der Waals surface area contributed by atoms with Gasteiger partial charge < -0.3 is 14.7 Å². The van der Waals surface area contributed by atoms with E-state index < -0.39 is 17.7 Å². The second-order valence-electron chi connectivity index (χ2n) is 6.59. The number of hydrogen-bond acceptors (Lipinski definition) is 5. The van der Waals surface area contributed by atoms with Crippen molar-refractivity contribution in [2.45, 2.75) is 23.8 Å². The van der Waals surface area contributed by atoms with E-state index in [2.05, 4.69) is 15.5 Å². The Morgan fingerprint density at radius 3 is 2.93 bits per heavy atom. The van der Waals surface area contributed by atoms with Gasteiger partial charge in [0.1, 0.15) is 17.7 Å². The zero-order valence-electron chi connectivity index (χ0n) is 15.6. The van der Waals surface area contributed by atoms with Crippen molar-refractivity contribution in [1.82, 2.24) is 15.0 Å². The number of nitrogens with zero attached hydrogens (tertiary/aromatic N) is 3. The highest BCUT2D eigenvalue weighted by atomic mass is 32.2. The zero-order chi connectivity index (χ0) is 20.4. The molecular formula is C20H18F2N4O2S. The third-order valence-corrected chi connectivity index (χ3v) is 5.46. The molecule has 150 valence electrons. The average molecular weight is 416 g/mol. The van der Waals surface area contributed by atoms with Gasteiger partial charge in [0.2, 0.25) is 11.7 Å². The Kier molecular flexibility index (Phi) is 5.48. The number of likely N-dealkylation sites (tertiary alicyclic amines) is 1. The van der Waals surface area contributed by atoms with Crippen molar-refractivity contribution in [2.24, 2.45) is 0 Å². The second-order valence-corrected chi connectivity index (χ2v) is 7.47. The number of aromatic nitrogens is 2. The number of halogens is 2. The Hall–Kier alpha value is -2.94. The molecule has 0 bridgehead atoms. The Bertz CT molecular complexity index is 1040. The lowest BCUT2D eigenvalue weighted by Crippen LogP contribution is -2.34. The zero-order valence-corrected chi connectivity index (χ0v) is 16.4. The van der Waals surface area contributed by atoms with Gasteiger partial charge in [-0.3, -0.25) is 0 Å². The highest BCUT2D eigenvalue weighted by Crippen LogP contribution is 2.33. The molecule has 1 aliphatic heterocycles. The molecule has 1 atom stereocenters. The molecule has 2 aromatic carbocycles. The molecule has 0 spiro atoms. The Balaban J connectivity index is 1.52. The Labute approximate surface area is 170 Å². The van der Waals surface area contributed by atoms with Gasteiger partial charge in [-0.15, -0.1) is 11.8 Å². The van der Waals surface area contributed by atoms with E-state index in [1.54, 1.807) is 16.7 Å². The van der Waals surface area contributed by atoms with Crippen LogP contribution in [0.4, 0.5) is 19.3 Å². The number of carbonyl (C=O) groups excluding carboxylic acids is 1. The minimum absolute atomic E-state index is 0.0254. The number of urea groups is 1. The monoisotopic (exact) mass is 416 g/mol. The van der Waals surface area contributed by atoms with E-state index in [1.165, 1.54) is 6.07 Å². The summed E-state index contributed by atoms with van der Waals surface area (Å²) in [7, 11) is 0. The van der Waals surface area contributed by atoms with Crippen LogP contribution >= 0.6 is 11.8 Å². The Morgan fingerprint density at radius 2 is 2.14 bits per heavy atom. The standard InChI is InChI=1S/C20H18F2N4O2S/c1-29-14-5-2-4-13(11-14)23-20(27)26-9-3-6-17(26)19-24-18(25-28-19)15-8-7-12(21)10-16(15)22/h2,4-5,7-8,10-11,17H,3,6,9H2,1H3,(H,23,27)/t17-/m1/s1. The molecule has 1 saturated heterocycles. The van der Waals surface area contributed by atoms with Gasteiger partial charge in [0.05, 0.1) is 5.56 Å². The molecule has 29 heavy (non-hydrogen) atoms. The SMILES string of the molecule is CSc1cccc(NC(=O)N2CCC[C@@H]2c2nc(-c3ccc(F)cc3F)no2)c1. The molecule has 1 aliphatic rings. The molecule has 2 heterocycles. The van der Waals surface area contributed by atoms with Crippen LogP contribution in [0.1, 0.15) is 24.8 Å². The van der Waals surface area contributed by atoms with Crippen molar-refractivity contribution >= 4 is 23.5 Å². The Morgan fingerprint density at radius 1 is 1.28 bits per heavy atom. The number of benzene rings is 2.